The minimum absolute atomic E-state index is 0.116. The Morgan fingerprint density at radius 2 is 2.12 bits per heavy atom. The van der Waals surface area contributed by atoms with Gasteiger partial charge in [0.2, 0.25) is 0 Å². The zero-order valence-electron chi connectivity index (χ0n) is 14.6. The van der Waals surface area contributed by atoms with E-state index in [0.717, 1.165) is 16.5 Å². The molecule has 25 heavy (non-hydrogen) atoms. The molecule has 2 N–H and O–H groups in total. The maximum Gasteiger partial charge on any atom is 0.341 e. The number of piperidine rings is 1. The molecular formula is C18H26IN3O3. The van der Waals surface area contributed by atoms with Gasteiger partial charge in [0.1, 0.15) is 11.4 Å². The number of ether oxygens (including phenoxy) is 1. The molecule has 1 aliphatic carbocycles. The monoisotopic (exact) mass is 459 g/mol. The zero-order chi connectivity index (χ0) is 17.8. The molecular weight excluding hydrogens is 433 g/mol. The number of halogens is 1. The van der Waals surface area contributed by atoms with E-state index in [-0.39, 0.29) is 6.04 Å². The van der Waals surface area contributed by atoms with E-state index in [4.69, 9.17) is 4.74 Å². The van der Waals surface area contributed by atoms with Crippen LogP contribution in [0.2, 0.25) is 0 Å². The van der Waals surface area contributed by atoms with Gasteiger partial charge in [-0.1, -0.05) is 19.3 Å². The van der Waals surface area contributed by atoms with E-state index in [9.17, 15) is 9.90 Å². The van der Waals surface area contributed by atoms with Crippen LogP contribution in [0.1, 0.15) is 48.9 Å². The normalized spacial score (nSPS) is 25.0. The molecule has 0 amide bonds. The number of rotatable bonds is 4. The topological polar surface area (TPSA) is 74.7 Å². The van der Waals surface area contributed by atoms with Gasteiger partial charge < -0.3 is 20.1 Å². The first-order valence-corrected chi connectivity index (χ1v) is 10.1. The highest BCUT2D eigenvalue weighted by Crippen LogP contribution is 2.26. The van der Waals surface area contributed by atoms with Crippen LogP contribution in [0.5, 0.6) is 0 Å². The van der Waals surface area contributed by atoms with Crippen LogP contribution in [-0.4, -0.2) is 54.4 Å². The van der Waals surface area contributed by atoms with Crippen molar-refractivity contribution in [3.8, 4) is 0 Å². The van der Waals surface area contributed by atoms with Crippen LogP contribution in [0.3, 0.4) is 0 Å². The lowest BCUT2D eigenvalue weighted by Crippen LogP contribution is -2.55. The van der Waals surface area contributed by atoms with Crippen LogP contribution in [0, 0.1) is 3.57 Å². The highest BCUT2D eigenvalue weighted by Gasteiger charge is 2.32. The van der Waals surface area contributed by atoms with Crippen molar-refractivity contribution in [2.75, 3.05) is 25.1 Å². The lowest BCUT2D eigenvalue weighted by atomic mass is 9.92. The van der Waals surface area contributed by atoms with Gasteiger partial charge in [0.05, 0.1) is 13.2 Å². The second-order valence-corrected chi connectivity index (χ2v) is 8.17. The highest BCUT2D eigenvalue weighted by atomic mass is 127. The minimum atomic E-state index is -0.470. The van der Waals surface area contributed by atoms with Crippen molar-refractivity contribution in [1.29, 1.82) is 0 Å². The van der Waals surface area contributed by atoms with Crippen LogP contribution >= 0.6 is 22.6 Å². The third kappa shape index (κ3) is 4.62. The molecule has 2 fully saturated rings. The molecule has 1 unspecified atom stereocenters. The Balaban J connectivity index is 1.67. The lowest BCUT2D eigenvalue weighted by Gasteiger charge is -2.39. The number of nitrogens with zero attached hydrogens (tertiary/aromatic N) is 2. The molecule has 0 spiro atoms. The van der Waals surface area contributed by atoms with Crippen LogP contribution in [0.4, 0.5) is 5.82 Å². The van der Waals surface area contributed by atoms with E-state index in [1.54, 1.807) is 12.3 Å². The molecule has 3 rings (SSSR count). The van der Waals surface area contributed by atoms with Gasteiger partial charge in [-0.3, -0.25) is 0 Å². The second kappa shape index (κ2) is 8.64. The SMILES string of the molecule is COC(=O)c1cc(I)cnc1N1CCC(NC2CCCCC2)[C@H](O)C1. The molecule has 1 aliphatic heterocycles. The van der Waals surface area contributed by atoms with Crippen LogP contribution in [0.15, 0.2) is 12.3 Å². The molecule has 2 aliphatic rings. The van der Waals surface area contributed by atoms with Crippen molar-refractivity contribution in [2.45, 2.75) is 56.7 Å². The standard InChI is InChI=1S/C18H26IN3O3/c1-25-18(24)14-9-12(19)10-20-17(14)22-8-7-15(16(23)11-22)21-13-5-3-2-4-6-13/h9-10,13,15-16,21,23H,2-8,11H2,1H3/t15?,16-/m1/s1. The van der Waals surface area contributed by atoms with Gasteiger partial charge in [0.15, 0.2) is 0 Å². The van der Waals surface area contributed by atoms with E-state index in [0.29, 0.717) is 24.0 Å². The van der Waals surface area contributed by atoms with Crippen molar-refractivity contribution in [1.82, 2.24) is 10.3 Å². The Kier molecular flexibility index (Phi) is 6.51. The van der Waals surface area contributed by atoms with Crippen molar-refractivity contribution in [3.05, 3.63) is 21.4 Å². The van der Waals surface area contributed by atoms with Gasteiger partial charge in [-0.15, -0.1) is 0 Å². The molecule has 7 heteroatoms. The third-order valence-corrected chi connectivity index (χ3v) is 5.76. The van der Waals surface area contributed by atoms with Gasteiger partial charge in [0, 0.05) is 34.9 Å². The molecule has 0 bridgehead atoms. The summed E-state index contributed by atoms with van der Waals surface area (Å²) in [6.45, 7) is 1.24. The largest absolute Gasteiger partial charge is 0.465 e. The van der Waals surface area contributed by atoms with E-state index in [1.165, 1.54) is 39.2 Å². The summed E-state index contributed by atoms with van der Waals surface area (Å²) < 4.78 is 5.77. The number of hydrogen-bond acceptors (Lipinski definition) is 6. The Hall–Kier alpha value is -0.930. The summed E-state index contributed by atoms with van der Waals surface area (Å²) in [6.07, 6.45) is 8.41. The predicted molar refractivity (Wildman–Crippen MR) is 105 cm³/mol. The van der Waals surface area contributed by atoms with E-state index in [2.05, 4.69) is 32.9 Å². The maximum absolute atomic E-state index is 12.1. The number of carbonyl (C=O) groups is 1. The first kappa shape index (κ1) is 18.8. The van der Waals surface area contributed by atoms with Crippen LogP contribution in [-0.2, 0) is 4.74 Å². The number of nitrogens with one attached hydrogen (secondary N) is 1. The summed E-state index contributed by atoms with van der Waals surface area (Å²) >= 11 is 2.13. The summed E-state index contributed by atoms with van der Waals surface area (Å²) in [6, 6.07) is 2.43. The van der Waals surface area contributed by atoms with E-state index < -0.39 is 12.1 Å². The van der Waals surface area contributed by atoms with Gasteiger partial charge in [0.25, 0.3) is 0 Å². The summed E-state index contributed by atoms with van der Waals surface area (Å²) in [5.41, 5.74) is 0.459. The Morgan fingerprint density at radius 1 is 1.36 bits per heavy atom. The van der Waals surface area contributed by atoms with Gasteiger partial charge in [-0.05, 0) is 47.9 Å². The fraction of sp³-hybridized carbons (Fsp3) is 0.667. The molecule has 6 nitrogen and oxygen atoms in total. The first-order valence-electron chi connectivity index (χ1n) is 9.01. The summed E-state index contributed by atoms with van der Waals surface area (Å²) in [5.74, 6) is 0.209. The number of carbonyl (C=O) groups excluding carboxylic acids is 1. The zero-order valence-corrected chi connectivity index (χ0v) is 16.7. The Morgan fingerprint density at radius 3 is 2.80 bits per heavy atom. The van der Waals surface area contributed by atoms with Crippen LogP contribution < -0.4 is 10.2 Å². The molecule has 0 aromatic carbocycles. The fourth-order valence-corrected chi connectivity index (χ4v) is 4.29. The van der Waals surface area contributed by atoms with Crippen molar-refractivity contribution < 1.29 is 14.6 Å². The van der Waals surface area contributed by atoms with Crippen LogP contribution in [0.25, 0.3) is 0 Å². The van der Waals surface area contributed by atoms with Crippen molar-refractivity contribution in [3.63, 3.8) is 0 Å². The predicted octanol–water partition coefficient (Wildman–Crippen LogP) is 2.33. The Bertz CT molecular complexity index is 607. The van der Waals surface area contributed by atoms with Crippen molar-refractivity contribution >= 4 is 34.4 Å². The molecule has 0 radical (unpaired) electrons. The number of anilines is 1. The van der Waals surface area contributed by atoms with E-state index >= 15 is 0 Å². The fourth-order valence-electron chi connectivity index (χ4n) is 3.83. The number of pyridine rings is 1. The Labute approximate surface area is 162 Å². The number of methoxy groups -OCH3 is 1. The minimum Gasteiger partial charge on any atom is -0.465 e. The molecule has 2 heterocycles. The van der Waals surface area contributed by atoms with Gasteiger partial charge >= 0.3 is 5.97 Å². The van der Waals surface area contributed by atoms with Gasteiger partial charge in [-0.2, -0.15) is 0 Å². The average molecular weight is 459 g/mol. The maximum atomic E-state index is 12.1. The molecule has 2 atom stereocenters. The lowest BCUT2D eigenvalue weighted by molar-refractivity contribution is 0.0599. The number of aliphatic hydroxyl groups is 1. The number of β-amino-alcohol motifs (C(OH)–C–C–N with tert-alkyl or cyclic N) is 1. The number of esters is 1. The highest BCUT2D eigenvalue weighted by molar-refractivity contribution is 14.1. The average Bonchev–Trinajstić information content (AvgIpc) is 2.63. The van der Waals surface area contributed by atoms with E-state index in [1.807, 2.05) is 4.90 Å². The molecule has 1 saturated carbocycles. The first-order chi connectivity index (χ1) is 12.1. The molecule has 1 saturated heterocycles. The quantitative estimate of drug-likeness (QED) is 0.532. The van der Waals surface area contributed by atoms with Crippen molar-refractivity contribution in [2.24, 2.45) is 0 Å². The molecule has 138 valence electrons. The summed E-state index contributed by atoms with van der Waals surface area (Å²) in [4.78, 5) is 18.5. The molecule has 1 aromatic heterocycles. The van der Waals surface area contributed by atoms with Gasteiger partial charge in [-0.25, -0.2) is 9.78 Å². The number of hydrogen-bond donors (Lipinski definition) is 2. The number of aromatic nitrogens is 1. The number of aliphatic hydroxyl groups excluding tert-OH is 1. The summed E-state index contributed by atoms with van der Waals surface area (Å²) in [7, 11) is 1.38. The smallest absolute Gasteiger partial charge is 0.341 e. The second-order valence-electron chi connectivity index (χ2n) is 6.93. The molecule has 1 aromatic rings. The summed E-state index contributed by atoms with van der Waals surface area (Å²) in [5, 5.41) is 14.3. The third-order valence-electron chi connectivity index (χ3n) is 5.18.